The van der Waals surface area contributed by atoms with Crippen molar-refractivity contribution in [2.24, 2.45) is 0 Å². The first-order valence-electron chi connectivity index (χ1n) is 11.6. The highest BCUT2D eigenvalue weighted by atomic mass is 16.5. The van der Waals surface area contributed by atoms with E-state index < -0.39 is 5.41 Å². The van der Waals surface area contributed by atoms with Crippen LogP contribution in [0.5, 0.6) is 5.75 Å². The van der Waals surface area contributed by atoms with Crippen LogP contribution in [0, 0.1) is 0 Å². The van der Waals surface area contributed by atoms with Gasteiger partial charge in [0.1, 0.15) is 11.8 Å². The summed E-state index contributed by atoms with van der Waals surface area (Å²) in [5.74, 6) is 0.792. The van der Waals surface area contributed by atoms with E-state index in [0.717, 1.165) is 16.9 Å². The molecule has 2 aliphatic heterocycles. The molecule has 2 amide bonds. The number of piperazine rings is 1. The number of rotatable bonds is 6. The van der Waals surface area contributed by atoms with Crippen LogP contribution in [-0.4, -0.2) is 74.7 Å². The van der Waals surface area contributed by atoms with Crippen LogP contribution < -0.4 is 10.1 Å². The van der Waals surface area contributed by atoms with Gasteiger partial charge in [-0.05, 0) is 36.1 Å². The van der Waals surface area contributed by atoms with E-state index in [-0.39, 0.29) is 17.9 Å². The van der Waals surface area contributed by atoms with E-state index in [1.54, 1.807) is 14.2 Å². The molecule has 1 atom stereocenters. The van der Waals surface area contributed by atoms with E-state index in [9.17, 15) is 9.59 Å². The van der Waals surface area contributed by atoms with Crippen molar-refractivity contribution >= 4 is 11.8 Å². The number of carbonyl (C=O) groups excluding carboxylic acids is 2. The van der Waals surface area contributed by atoms with Crippen LogP contribution in [-0.2, 0) is 26.3 Å². The molecule has 7 heteroatoms. The second-order valence-corrected chi connectivity index (χ2v) is 8.76. The molecule has 0 aromatic heterocycles. The third kappa shape index (κ3) is 4.89. The molecule has 0 unspecified atom stereocenters. The third-order valence-corrected chi connectivity index (χ3v) is 6.95. The molecule has 0 saturated carbocycles. The van der Waals surface area contributed by atoms with Crippen molar-refractivity contribution in [3.05, 3.63) is 65.7 Å². The molecule has 2 aromatic carbocycles. The number of carbonyl (C=O) groups is 2. The highest BCUT2D eigenvalue weighted by molar-refractivity contribution is 5.90. The number of nitrogens with zero attached hydrogens (tertiary/aromatic N) is 2. The second-order valence-electron chi connectivity index (χ2n) is 8.76. The first-order valence-corrected chi connectivity index (χ1v) is 11.6. The number of ether oxygens (including phenoxy) is 2. The largest absolute Gasteiger partial charge is 0.497 e. The number of methoxy groups -OCH3 is 1. The van der Waals surface area contributed by atoms with Crippen molar-refractivity contribution in [3.8, 4) is 5.75 Å². The van der Waals surface area contributed by atoms with Gasteiger partial charge in [-0.1, -0.05) is 42.5 Å². The van der Waals surface area contributed by atoms with E-state index in [2.05, 4.69) is 22.3 Å². The van der Waals surface area contributed by atoms with E-state index >= 15 is 0 Å². The Bertz CT molecular complexity index is 942. The Morgan fingerprint density at radius 3 is 2.39 bits per heavy atom. The molecule has 7 nitrogen and oxygen atoms in total. The summed E-state index contributed by atoms with van der Waals surface area (Å²) >= 11 is 0. The summed E-state index contributed by atoms with van der Waals surface area (Å²) in [6, 6.07) is 17.5. The lowest BCUT2D eigenvalue weighted by molar-refractivity contribution is -0.146. The zero-order valence-corrected chi connectivity index (χ0v) is 19.5. The summed E-state index contributed by atoms with van der Waals surface area (Å²) < 4.78 is 10.9. The lowest BCUT2D eigenvalue weighted by Crippen LogP contribution is -2.62. The van der Waals surface area contributed by atoms with Crippen LogP contribution in [0.4, 0.5) is 0 Å². The smallest absolute Gasteiger partial charge is 0.238 e. The molecule has 2 saturated heterocycles. The first kappa shape index (κ1) is 23.3. The summed E-state index contributed by atoms with van der Waals surface area (Å²) in [5.41, 5.74) is 1.50. The highest BCUT2D eigenvalue weighted by Gasteiger charge is 2.46. The molecule has 2 aromatic rings. The molecule has 2 fully saturated rings. The predicted molar refractivity (Wildman–Crippen MR) is 126 cm³/mol. The van der Waals surface area contributed by atoms with Gasteiger partial charge in [-0.2, -0.15) is 0 Å². The fourth-order valence-electron chi connectivity index (χ4n) is 4.99. The van der Waals surface area contributed by atoms with Crippen molar-refractivity contribution in [2.75, 3.05) is 47.0 Å². The minimum Gasteiger partial charge on any atom is -0.497 e. The maximum absolute atomic E-state index is 14.0. The van der Waals surface area contributed by atoms with Crippen LogP contribution in [0.3, 0.4) is 0 Å². The van der Waals surface area contributed by atoms with Gasteiger partial charge >= 0.3 is 0 Å². The van der Waals surface area contributed by atoms with Gasteiger partial charge in [0.15, 0.2) is 0 Å². The SMILES string of the molecule is CNC(=O)[C@@H]1CN(C(=O)C2(c3ccc(OC)cc3)CCOCC2)CCN1Cc1ccccc1. The van der Waals surface area contributed by atoms with Gasteiger partial charge in [-0.25, -0.2) is 0 Å². The van der Waals surface area contributed by atoms with Crippen LogP contribution in [0.15, 0.2) is 54.6 Å². The standard InChI is InChI=1S/C26H33N3O4/c1-27-24(30)23-19-29(15-14-28(23)18-20-6-4-3-5-7-20)25(31)26(12-16-33-17-13-26)21-8-10-22(32-2)11-9-21/h3-11,23H,12-19H2,1-2H3,(H,27,30)/t23-/m0/s1. The monoisotopic (exact) mass is 451 g/mol. The zero-order valence-electron chi connectivity index (χ0n) is 19.5. The molecule has 0 bridgehead atoms. The van der Waals surface area contributed by atoms with Gasteiger partial charge in [-0.15, -0.1) is 0 Å². The fraction of sp³-hybridized carbons (Fsp3) is 0.462. The van der Waals surface area contributed by atoms with Crippen LogP contribution in [0.25, 0.3) is 0 Å². The Morgan fingerprint density at radius 1 is 1.06 bits per heavy atom. The van der Waals surface area contributed by atoms with Crippen molar-refractivity contribution in [1.29, 1.82) is 0 Å². The van der Waals surface area contributed by atoms with E-state index in [1.807, 2.05) is 47.4 Å². The zero-order chi connectivity index (χ0) is 23.3. The summed E-state index contributed by atoms with van der Waals surface area (Å²) in [5, 5.41) is 2.79. The molecule has 33 heavy (non-hydrogen) atoms. The average molecular weight is 452 g/mol. The Kier molecular flexibility index (Phi) is 7.30. The summed E-state index contributed by atoms with van der Waals surface area (Å²) in [7, 11) is 3.29. The minimum atomic E-state index is -0.640. The van der Waals surface area contributed by atoms with Gasteiger partial charge in [0.05, 0.1) is 12.5 Å². The lowest BCUT2D eigenvalue weighted by Gasteiger charge is -2.45. The average Bonchev–Trinajstić information content (AvgIpc) is 2.89. The van der Waals surface area contributed by atoms with Gasteiger partial charge in [-0.3, -0.25) is 14.5 Å². The molecule has 176 valence electrons. The Balaban J connectivity index is 1.57. The maximum atomic E-state index is 14.0. The number of hydrogen-bond acceptors (Lipinski definition) is 5. The van der Waals surface area contributed by atoms with Gasteiger partial charge in [0.2, 0.25) is 11.8 Å². The molecule has 0 radical (unpaired) electrons. The van der Waals surface area contributed by atoms with E-state index in [4.69, 9.17) is 9.47 Å². The minimum absolute atomic E-state index is 0.0612. The Labute approximate surface area is 195 Å². The third-order valence-electron chi connectivity index (χ3n) is 6.95. The molecule has 0 aliphatic carbocycles. The fourth-order valence-corrected chi connectivity index (χ4v) is 4.99. The number of amides is 2. The second kappa shape index (κ2) is 10.4. The summed E-state index contributed by atoms with van der Waals surface area (Å²) in [4.78, 5) is 30.9. The Hall–Kier alpha value is -2.90. The molecule has 0 spiro atoms. The molecule has 2 aliphatic rings. The highest BCUT2D eigenvalue weighted by Crippen LogP contribution is 2.38. The molecule has 1 N–H and O–H groups in total. The molecule has 4 rings (SSSR count). The number of nitrogens with one attached hydrogen (secondary N) is 1. The van der Waals surface area contributed by atoms with Crippen molar-refractivity contribution < 1.29 is 19.1 Å². The molecular weight excluding hydrogens is 418 g/mol. The van der Waals surface area contributed by atoms with Gasteiger partial charge in [0, 0.05) is 46.4 Å². The van der Waals surface area contributed by atoms with E-state index in [0.29, 0.717) is 52.2 Å². The number of benzene rings is 2. The van der Waals surface area contributed by atoms with Crippen LogP contribution in [0.1, 0.15) is 24.0 Å². The Morgan fingerprint density at radius 2 is 1.76 bits per heavy atom. The van der Waals surface area contributed by atoms with Crippen molar-refractivity contribution in [1.82, 2.24) is 15.1 Å². The maximum Gasteiger partial charge on any atom is 0.238 e. The predicted octanol–water partition coefficient (Wildman–Crippen LogP) is 2.20. The number of likely N-dealkylation sites (N-methyl/N-ethyl adjacent to an activating group) is 1. The van der Waals surface area contributed by atoms with Gasteiger partial charge in [0.25, 0.3) is 0 Å². The summed E-state index contributed by atoms with van der Waals surface area (Å²) in [6.07, 6.45) is 1.26. The quantitative estimate of drug-likeness (QED) is 0.729. The van der Waals surface area contributed by atoms with Crippen molar-refractivity contribution in [3.63, 3.8) is 0 Å². The normalized spacial score (nSPS) is 20.8. The van der Waals surface area contributed by atoms with Crippen LogP contribution >= 0.6 is 0 Å². The molecule has 2 heterocycles. The topological polar surface area (TPSA) is 71.1 Å². The van der Waals surface area contributed by atoms with Gasteiger partial charge < -0.3 is 19.7 Å². The van der Waals surface area contributed by atoms with Crippen LogP contribution in [0.2, 0.25) is 0 Å². The van der Waals surface area contributed by atoms with Crippen molar-refractivity contribution in [2.45, 2.75) is 30.8 Å². The lowest BCUT2D eigenvalue weighted by atomic mass is 9.72. The van der Waals surface area contributed by atoms with E-state index in [1.165, 1.54) is 0 Å². The molecular formula is C26H33N3O4. The summed E-state index contributed by atoms with van der Waals surface area (Å²) in [6.45, 7) is 3.39. The first-order chi connectivity index (χ1) is 16.1. The number of hydrogen-bond donors (Lipinski definition) is 1.